The fraction of sp³-hybridized carbons (Fsp3) is 0.591. The van der Waals surface area contributed by atoms with Crippen molar-refractivity contribution < 1.29 is 14.6 Å². The van der Waals surface area contributed by atoms with Gasteiger partial charge in [0.1, 0.15) is 5.60 Å². The molecule has 146 valence electrons. The fourth-order valence-corrected chi connectivity index (χ4v) is 3.58. The van der Waals surface area contributed by atoms with Gasteiger partial charge in [-0.25, -0.2) is 0 Å². The summed E-state index contributed by atoms with van der Waals surface area (Å²) in [7, 11) is 0. The second-order valence-electron chi connectivity index (χ2n) is 8.00. The van der Waals surface area contributed by atoms with Crippen molar-refractivity contribution in [1.82, 2.24) is 9.80 Å². The van der Waals surface area contributed by atoms with Gasteiger partial charge >= 0.3 is 0 Å². The fourth-order valence-electron chi connectivity index (χ4n) is 3.58. The van der Waals surface area contributed by atoms with Crippen LogP contribution in [0.15, 0.2) is 24.3 Å². The van der Waals surface area contributed by atoms with Gasteiger partial charge in [0.25, 0.3) is 5.91 Å². The van der Waals surface area contributed by atoms with Crippen LogP contribution in [0.2, 0.25) is 0 Å². The van der Waals surface area contributed by atoms with Crippen LogP contribution in [-0.4, -0.2) is 71.8 Å². The molecule has 1 aromatic carbocycles. The largest absolute Gasteiger partial charge is 0.378 e. The molecule has 5 heteroatoms. The molecule has 2 aliphatic rings. The molecule has 1 atom stereocenters. The summed E-state index contributed by atoms with van der Waals surface area (Å²) in [5, 5.41) is 9.77. The van der Waals surface area contributed by atoms with Crippen molar-refractivity contribution in [3.63, 3.8) is 0 Å². The normalized spacial score (nSPS) is 21.4. The number of aliphatic hydroxyl groups is 1. The maximum Gasteiger partial charge on any atom is 0.253 e. The first-order valence-corrected chi connectivity index (χ1v) is 9.89. The van der Waals surface area contributed by atoms with Gasteiger partial charge in [-0.15, -0.1) is 0 Å². The first kappa shape index (κ1) is 19.9. The van der Waals surface area contributed by atoms with Crippen molar-refractivity contribution in [3.05, 3.63) is 35.4 Å². The average Bonchev–Trinajstić information content (AvgIpc) is 3.03. The van der Waals surface area contributed by atoms with Crippen LogP contribution in [0.5, 0.6) is 0 Å². The number of hydrogen-bond donors (Lipinski definition) is 1. The van der Waals surface area contributed by atoms with E-state index in [0.717, 1.165) is 38.2 Å². The predicted molar refractivity (Wildman–Crippen MR) is 106 cm³/mol. The molecule has 2 saturated heterocycles. The van der Waals surface area contributed by atoms with Crippen LogP contribution in [0, 0.1) is 11.8 Å². The zero-order valence-electron chi connectivity index (χ0n) is 16.4. The Morgan fingerprint density at radius 2 is 2.04 bits per heavy atom. The van der Waals surface area contributed by atoms with E-state index in [0.29, 0.717) is 18.7 Å². The van der Waals surface area contributed by atoms with E-state index in [1.807, 2.05) is 29.2 Å². The summed E-state index contributed by atoms with van der Waals surface area (Å²) in [6.45, 7) is 8.52. The van der Waals surface area contributed by atoms with Crippen molar-refractivity contribution in [1.29, 1.82) is 0 Å². The van der Waals surface area contributed by atoms with E-state index in [-0.39, 0.29) is 12.0 Å². The van der Waals surface area contributed by atoms with E-state index in [4.69, 9.17) is 4.74 Å². The number of rotatable bonds is 3. The molecule has 27 heavy (non-hydrogen) atoms. The highest BCUT2D eigenvalue weighted by molar-refractivity contribution is 5.94. The lowest BCUT2D eigenvalue weighted by atomic mass is 10.1. The van der Waals surface area contributed by atoms with Crippen LogP contribution in [-0.2, 0) is 4.74 Å². The van der Waals surface area contributed by atoms with E-state index in [2.05, 4.69) is 16.7 Å². The molecule has 1 aromatic rings. The van der Waals surface area contributed by atoms with Gasteiger partial charge in [0.15, 0.2) is 0 Å². The Morgan fingerprint density at radius 3 is 2.78 bits per heavy atom. The van der Waals surface area contributed by atoms with Crippen LogP contribution in [0.4, 0.5) is 0 Å². The van der Waals surface area contributed by atoms with Crippen molar-refractivity contribution in [2.45, 2.75) is 44.8 Å². The molecule has 2 heterocycles. The van der Waals surface area contributed by atoms with Crippen LogP contribution >= 0.6 is 0 Å². The summed E-state index contributed by atoms with van der Waals surface area (Å²) < 4.78 is 6.00. The third-order valence-corrected chi connectivity index (χ3v) is 4.92. The number of ether oxygens (including phenoxy) is 1. The Kier molecular flexibility index (Phi) is 6.54. The van der Waals surface area contributed by atoms with Gasteiger partial charge in [-0.3, -0.25) is 4.79 Å². The summed E-state index contributed by atoms with van der Waals surface area (Å²) in [4.78, 5) is 17.4. The highest BCUT2D eigenvalue weighted by Gasteiger charge is 2.26. The summed E-state index contributed by atoms with van der Waals surface area (Å²) in [6, 6.07) is 7.34. The number of carbonyl (C=O) groups excluding carboxylic acids is 1. The Balaban J connectivity index is 1.68. The second kappa shape index (κ2) is 8.88. The number of hydrogen-bond acceptors (Lipinski definition) is 4. The maximum atomic E-state index is 13.0. The smallest absolute Gasteiger partial charge is 0.253 e. The molecule has 1 N–H and O–H groups in total. The van der Waals surface area contributed by atoms with Crippen molar-refractivity contribution in [2.24, 2.45) is 0 Å². The zero-order valence-corrected chi connectivity index (χ0v) is 16.4. The molecule has 0 saturated carbocycles. The van der Waals surface area contributed by atoms with Crippen LogP contribution < -0.4 is 0 Å². The number of amides is 1. The minimum Gasteiger partial charge on any atom is -0.378 e. The SMILES string of the molecule is CC(C)(O)C#Cc1cccc(C(=O)N2CCCOC(CN3CCCC3)C2)c1. The zero-order chi connectivity index (χ0) is 19.3. The van der Waals surface area contributed by atoms with Crippen molar-refractivity contribution >= 4 is 5.91 Å². The molecule has 0 aliphatic carbocycles. The highest BCUT2D eigenvalue weighted by Crippen LogP contribution is 2.15. The van der Waals surface area contributed by atoms with Gasteiger partial charge in [-0.05, 0) is 64.4 Å². The molecule has 0 radical (unpaired) electrons. The molecule has 1 amide bonds. The Hall–Kier alpha value is -1.87. The topological polar surface area (TPSA) is 53.0 Å². The molecule has 3 rings (SSSR count). The van der Waals surface area contributed by atoms with Crippen molar-refractivity contribution in [3.8, 4) is 11.8 Å². The number of likely N-dealkylation sites (tertiary alicyclic amines) is 1. The highest BCUT2D eigenvalue weighted by atomic mass is 16.5. The van der Waals surface area contributed by atoms with Gasteiger partial charge in [-0.1, -0.05) is 17.9 Å². The van der Waals surface area contributed by atoms with Crippen LogP contribution in [0.1, 0.15) is 49.0 Å². The predicted octanol–water partition coefficient (Wildman–Crippen LogP) is 2.14. The lowest BCUT2D eigenvalue weighted by Gasteiger charge is -2.27. The molecule has 0 bridgehead atoms. The summed E-state index contributed by atoms with van der Waals surface area (Å²) in [6.07, 6.45) is 3.45. The molecule has 5 nitrogen and oxygen atoms in total. The molecule has 2 fully saturated rings. The van der Waals surface area contributed by atoms with Gasteiger partial charge < -0.3 is 19.6 Å². The van der Waals surface area contributed by atoms with E-state index in [1.54, 1.807) is 13.8 Å². The number of nitrogens with zero attached hydrogens (tertiary/aromatic N) is 2. The first-order chi connectivity index (χ1) is 12.9. The molecular weight excluding hydrogens is 340 g/mol. The third kappa shape index (κ3) is 6.07. The Labute approximate surface area is 162 Å². The van der Waals surface area contributed by atoms with Gasteiger partial charge in [-0.2, -0.15) is 0 Å². The summed E-state index contributed by atoms with van der Waals surface area (Å²) in [5.41, 5.74) is 0.326. The number of benzene rings is 1. The number of carbonyl (C=O) groups is 1. The van der Waals surface area contributed by atoms with Crippen LogP contribution in [0.25, 0.3) is 0 Å². The van der Waals surface area contributed by atoms with E-state index < -0.39 is 5.60 Å². The molecule has 2 aliphatic heterocycles. The molecule has 0 spiro atoms. The van der Waals surface area contributed by atoms with Crippen molar-refractivity contribution in [2.75, 3.05) is 39.3 Å². The van der Waals surface area contributed by atoms with Crippen LogP contribution in [0.3, 0.4) is 0 Å². The lowest BCUT2D eigenvalue weighted by Crippen LogP contribution is -2.41. The van der Waals surface area contributed by atoms with E-state index in [1.165, 1.54) is 12.8 Å². The average molecular weight is 370 g/mol. The molecule has 1 unspecified atom stereocenters. The van der Waals surface area contributed by atoms with Gasteiger partial charge in [0.05, 0.1) is 6.10 Å². The van der Waals surface area contributed by atoms with E-state index in [9.17, 15) is 9.90 Å². The Bertz CT molecular complexity index is 708. The quantitative estimate of drug-likeness (QED) is 0.829. The lowest BCUT2D eigenvalue weighted by molar-refractivity contribution is 0.0297. The maximum absolute atomic E-state index is 13.0. The van der Waals surface area contributed by atoms with Gasteiger partial charge in [0, 0.05) is 37.4 Å². The monoisotopic (exact) mass is 370 g/mol. The minimum absolute atomic E-state index is 0.0267. The van der Waals surface area contributed by atoms with Gasteiger partial charge in [0.2, 0.25) is 0 Å². The van der Waals surface area contributed by atoms with E-state index >= 15 is 0 Å². The second-order valence-corrected chi connectivity index (χ2v) is 8.00. The summed E-state index contributed by atoms with van der Waals surface area (Å²) in [5.74, 6) is 5.77. The molecular formula is C22H30N2O3. The standard InChI is InChI=1S/C22H30N2O3/c1-22(2,26)10-9-18-7-5-8-19(15-18)21(25)24-13-6-14-27-20(17-24)16-23-11-3-4-12-23/h5,7-8,15,20,26H,3-4,6,11-14,16-17H2,1-2H3. The summed E-state index contributed by atoms with van der Waals surface area (Å²) >= 11 is 0. The molecule has 0 aromatic heterocycles. The third-order valence-electron chi connectivity index (χ3n) is 4.92. The minimum atomic E-state index is -1.05. The Morgan fingerprint density at radius 1 is 1.26 bits per heavy atom. The first-order valence-electron chi connectivity index (χ1n) is 9.89.